The minimum absolute atomic E-state index is 0.656. The molecular formula is C15H21NO2. The van der Waals surface area contributed by atoms with E-state index in [0.29, 0.717) is 12.2 Å². The number of hydrogen-bond acceptors (Lipinski definition) is 3. The predicted octanol–water partition coefficient (Wildman–Crippen LogP) is 2.59. The molecule has 1 aliphatic rings. The van der Waals surface area contributed by atoms with E-state index >= 15 is 0 Å². The van der Waals surface area contributed by atoms with Gasteiger partial charge in [-0.3, -0.25) is 9.69 Å². The molecule has 3 heteroatoms. The van der Waals surface area contributed by atoms with Gasteiger partial charge in [0, 0.05) is 6.54 Å². The van der Waals surface area contributed by atoms with Crippen LogP contribution in [0.2, 0.25) is 0 Å². The lowest BCUT2D eigenvalue weighted by atomic mass is 10.1. The first-order valence-corrected chi connectivity index (χ1v) is 6.62. The second-order valence-corrected chi connectivity index (χ2v) is 5.01. The van der Waals surface area contributed by atoms with Gasteiger partial charge < -0.3 is 4.74 Å². The van der Waals surface area contributed by atoms with E-state index < -0.39 is 0 Å². The lowest BCUT2D eigenvalue weighted by Gasteiger charge is -2.16. The van der Waals surface area contributed by atoms with Gasteiger partial charge in [-0.25, -0.2) is 0 Å². The van der Waals surface area contributed by atoms with Gasteiger partial charge in [0.15, 0.2) is 6.29 Å². The molecular weight excluding hydrogens is 226 g/mol. The lowest BCUT2D eigenvalue weighted by Crippen LogP contribution is -2.25. The van der Waals surface area contributed by atoms with Crippen molar-refractivity contribution >= 4 is 6.29 Å². The molecule has 0 bridgehead atoms. The van der Waals surface area contributed by atoms with Crippen molar-refractivity contribution in [3.63, 3.8) is 0 Å². The fourth-order valence-corrected chi connectivity index (χ4v) is 2.50. The maximum Gasteiger partial charge on any atom is 0.154 e. The maximum absolute atomic E-state index is 11.1. The summed E-state index contributed by atoms with van der Waals surface area (Å²) in [7, 11) is 0. The Kier molecular flexibility index (Phi) is 4.37. The zero-order chi connectivity index (χ0) is 13.0. The molecule has 1 aromatic carbocycles. The molecule has 0 aromatic heterocycles. The molecule has 0 unspecified atom stereocenters. The minimum atomic E-state index is 0.656. The summed E-state index contributed by atoms with van der Waals surface area (Å²) in [6.07, 6.45) is 3.48. The molecule has 98 valence electrons. The molecule has 0 aliphatic carbocycles. The van der Waals surface area contributed by atoms with Crippen LogP contribution in [0.4, 0.5) is 0 Å². The standard InChI is InChI=1S/C15H21NO2/c1-12-9-13(2)14(11-17)15(10-12)18-8-7-16-5-3-4-6-16/h9-11H,3-8H2,1-2H3. The smallest absolute Gasteiger partial charge is 0.154 e. The summed E-state index contributed by atoms with van der Waals surface area (Å²) < 4.78 is 5.78. The molecule has 0 saturated carbocycles. The van der Waals surface area contributed by atoms with Crippen molar-refractivity contribution in [3.8, 4) is 5.75 Å². The molecule has 1 heterocycles. The highest BCUT2D eigenvalue weighted by atomic mass is 16.5. The average Bonchev–Trinajstić information content (AvgIpc) is 2.81. The Morgan fingerprint density at radius 2 is 2.00 bits per heavy atom. The Morgan fingerprint density at radius 3 is 2.67 bits per heavy atom. The Morgan fingerprint density at radius 1 is 1.28 bits per heavy atom. The molecule has 0 radical (unpaired) electrons. The van der Waals surface area contributed by atoms with Gasteiger partial charge in [0.05, 0.1) is 5.56 Å². The van der Waals surface area contributed by atoms with Crippen LogP contribution in [0.5, 0.6) is 5.75 Å². The molecule has 3 nitrogen and oxygen atoms in total. The number of nitrogens with zero attached hydrogens (tertiary/aromatic N) is 1. The SMILES string of the molecule is Cc1cc(C)c(C=O)c(OCCN2CCCC2)c1. The summed E-state index contributed by atoms with van der Waals surface area (Å²) in [4.78, 5) is 13.5. The topological polar surface area (TPSA) is 29.5 Å². The van der Waals surface area contributed by atoms with Crippen molar-refractivity contribution in [2.45, 2.75) is 26.7 Å². The van der Waals surface area contributed by atoms with E-state index in [1.165, 1.54) is 25.9 Å². The third-order valence-electron chi connectivity index (χ3n) is 3.47. The summed E-state index contributed by atoms with van der Waals surface area (Å²) >= 11 is 0. The van der Waals surface area contributed by atoms with Crippen molar-refractivity contribution < 1.29 is 9.53 Å². The van der Waals surface area contributed by atoms with E-state index in [1.54, 1.807) is 0 Å². The molecule has 1 fully saturated rings. The normalized spacial score (nSPS) is 15.9. The van der Waals surface area contributed by atoms with Gasteiger partial charge in [0.2, 0.25) is 0 Å². The minimum Gasteiger partial charge on any atom is -0.491 e. The van der Waals surface area contributed by atoms with Gasteiger partial charge in [-0.15, -0.1) is 0 Å². The molecule has 0 N–H and O–H groups in total. The van der Waals surface area contributed by atoms with Gasteiger partial charge in [-0.05, 0) is 57.0 Å². The number of benzene rings is 1. The maximum atomic E-state index is 11.1. The monoisotopic (exact) mass is 247 g/mol. The number of carbonyl (C=O) groups excluding carboxylic acids is 1. The van der Waals surface area contributed by atoms with E-state index in [2.05, 4.69) is 4.90 Å². The Balaban J connectivity index is 1.97. The Bertz CT molecular complexity index is 423. The fourth-order valence-electron chi connectivity index (χ4n) is 2.50. The molecule has 2 rings (SSSR count). The molecule has 1 aliphatic heterocycles. The third-order valence-corrected chi connectivity index (χ3v) is 3.47. The summed E-state index contributed by atoms with van der Waals surface area (Å²) in [5.74, 6) is 0.724. The van der Waals surface area contributed by atoms with Crippen molar-refractivity contribution in [2.75, 3.05) is 26.2 Å². The lowest BCUT2D eigenvalue weighted by molar-refractivity contribution is 0.111. The summed E-state index contributed by atoms with van der Waals surface area (Å²) in [5, 5.41) is 0. The Hall–Kier alpha value is -1.35. The molecule has 1 saturated heterocycles. The molecule has 0 atom stereocenters. The van der Waals surface area contributed by atoms with Crippen molar-refractivity contribution in [1.82, 2.24) is 4.90 Å². The van der Waals surface area contributed by atoms with Gasteiger partial charge in [0.25, 0.3) is 0 Å². The van der Waals surface area contributed by atoms with E-state index in [9.17, 15) is 4.79 Å². The second kappa shape index (κ2) is 6.01. The van der Waals surface area contributed by atoms with Crippen LogP contribution in [0, 0.1) is 13.8 Å². The number of likely N-dealkylation sites (tertiary alicyclic amines) is 1. The fraction of sp³-hybridized carbons (Fsp3) is 0.533. The zero-order valence-corrected chi connectivity index (χ0v) is 11.2. The van der Waals surface area contributed by atoms with E-state index in [-0.39, 0.29) is 0 Å². The van der Waals surface area contributed by atoms with Gasteiger partial charge in [-0.1, -0.05) is 6.07 Å². The van der Waals surface area contributed by atoms with E-state index in [0.717, 1.165) is 29.7 Å². The van der Waals surface area contributed by atoms with Crippen LogP contribution in [0.1, 0.15) is 34.3 Å². The highest BCUT2D eigenvalue weighted by Gasteiger charge is 2.12. The Labute approximate surface area is 109 Å². The van der Waals surface area contributed by atoms with Crippen LogP contribution in [-0.4, -0.2) is 37.4 Å². The predicted molar refractivity (Wildman–Crippen MR) is 72.5 cm³/mol. The van der Waals surface area contributed by atoms with Crippen molar-refractivity contribution in [2.24, 2.45) is 0 Å². The van der Waals surface area contributed by atoms with Crippen LogP contribution in [0.25, 0.3) is 0 Å². The molecule has 1 aromatic rings. The summed E-state index contributed by atoms with van der Waals surface area (Å²) in [6, 6.07) is 3.96. The van der Waals surface area contributed by atoms with E-state index in [1.807, 2.05) is 26.0 Å². The second-order valence-electron chi connectivity index (χ2n) is 5.01. The number of aldehydes is 1. The number of rotatable bonds is 5. The van der Waals surface area contributed by atoms with Gasteiger partial charge >= 0.3 is 0 Å². The summed E-state index contributed by atoms with van der Waals surface area (Å²) in [5.41, 5.74) is 2.80. The van der Waals surface area contributed by atoms with Crippen molar-refractivity contribution in [1.29, 1.82) is 0 Å². The van der Waals surface area contributed by atoms with Crippen LogP contribution >= 0.6 is 0 Å². The number of aryl methyl sites for hydroxylation is 2. The number of carbonyl (C=O) groups is 1. The third kappa shape index (κ3) is 3.10. The first-order valence-electron chi connectivity index (χ1n) is 6.62. The number of hydrogen-bond donors (Lipinski definition) is 0. The van der Waals surface area contributed by atoms with Crippen LogP contribution in [-0.2, 0) is 0 Å². The van der Waals surface area contributed by atoms with Crippen LogP contribution < -0.4 is 4.74 Å². The van der Waals surface area contributed by atoms with Crippen molar-refractivity contribution in [3.05, 3.63) is 28.8 Å². The highest BCUT2D eigenvalue weighted by molar-refractivity contribution is 5.81. The molecule has 0 amide bonds. The van der Waals surface area contributed by atoms with E-state index in [4.69, 9.17) is 4.74 Å². The average molecular weight is 247 g/mol. The zero-order valence-electron chi connectivity index (χ0n) is 11.2. The first-order chi connectivity index (χ1) is 8.70. The quantitative estimate of drug-likeness (QED) is 0.749. The largest absolute Gasteiger partial charge is 0.491 e. The van der Waals surface area contributed by atoms with Gasteiger partial charge in [-0.2, -0.15) is 0 Å². The highest BCUT2D eigenvalue weighted by Crippen LogP contribution is 2.22. The number of ether oxygens (including phenoxy) is 1. The van der Waals surface area contributed by atoms with Gasteiger partial charge in [0.1, 0.15) is 12.4 Å². The van der Waals surface area contributed by atoms with Crippen LogP contribution in [0.3, 0.4) is 0 Å². The molecule has 18 heavy (non-hydrogen) atoms. The summed E-state index contributed by atoms with van der Waals surface area (Å²) in [6.45, 7) is 7.93. The first kappa shape index (κ1) is 13.1. The molecule has 0 spiro atoms. The van der Waals surface area contributed by atoms with Crippen LogP contribution in [0.15, 0.2) is 12.1 Å².